The fourth-order valence-electron chi connectivity index (χ4n) is 2.37. The summed E-state index contributed by atoms with van der Waals surface area (Å²) in [4.78, 5) is 5.27. The Balaban J connectivity index is 2.12. The number of nitrogens with zero attached hydrogens (tertiary/aromatic N) is 3. The molecule has 0 radical (unpaired) electrons. The molecule has 2 aromatic heterocycles. The van der Waals surface area contributed by atoms with Crippen LogP contribution in [0.25, 0.3) is 16.9 Å². The predicted octanol–water partition coefficient (Wildman–Crippen LogP) is 3.87. The van der Waals surface area contributed by atoms with Crippen LogP contribution in [0.2, 0.25) is 5.02 Å². The number of methoxy groups -OCH3 is 1. The zero-order valence-electron chi connectivity index (χ0n) is 12.7. The minimum atomic E-state index is 0.630. The van der Waals surface area contributed by atoms with E-state index in [9.17, 15) is 0 Å². The number of pyridine rings is 1. The Bertz CT molecular complexity index is 815. The minimum absolute atomic E-state index is 0.630. The zero-order chi connectivity index (χ0) is 16.4. The molecule has 1 aromatic carbocycles. The van der Waals surface area contributed by atoms with Crippen molar-refractivity contribution >= 4 is 23.5 Å². The van der Waals surface area contributed by atoms with E-state index in [1.165, 1.54) is 0 Å². The summed E-state index contributed by atoms with van der Waals surface area (Å²) in [6.45, 7) is 1.94. The Morgan fingerprint density at radius 3 is 2.48 bits per heavy atom. The number of aryl methyl sites for hydroxylation is 1. The van der Waals surface area contributed by atoms with Crippen molar-refractivity contribution < 1.29 is 4.74 Å². The van der Waals surface area contributed by atoms with Gasteiger partial charge in [0.25, 0.3) is 0 Å². The Morgan fingerprint density at radius 2 is 1.91 bits per heavy atom. The molecule has 0 saturated heterocycles. The first-order valence-corrected chi connectivity index (χ1v) is 8.12. The summed E-state index contributed by atoms with van der Waals surface area (Å²) in [5.41, 5.74) is 2.76. The molecule has 2 heterocycles. The maximum atomic E-state index is 5.97. The van der Waals surface area contributed by atoms with E-state index in [-0.39, 0.29) is 0 Å². The van der Waals surface area contributed by atoms with Crippen LogP contribution in [0.15, 0.2) is 47.5 Å². The van der Waals surface area contributed by atoms with Gasteiger partial charge < -0.3 is 4.74 Å². The average molecular weight is 347 g/mol. The van der Waals surface area contributed by atoms with Gasteiger partial charge in [0.1, 0.15) is 0 Å². The van der Waals surface area contributed by atoms with Gasteiger partial charge in [-0.15, -0.1) is 0 Å². The number of nitrogens with two attached hydrogens (primary N) is 1. The topological polar surface area (TPSA) is 66.0 Å². The molecule has 0 aliphatic heterocycles. The third-order valence-corrected chi connectivity index (χ3v) is 4.18. The lowest BCUT2D eigenvalue weighted by Gasteiger charge is -2.08. The van der Waals surface area contributed by atoms with Gasteiger partial charge in [0.2, 0.25) is 5.88 Å². The second kappa shape index (κ2) is 6.62. The Kier molecular flexibility index (Phi) is 4.56. The van der Waals surface area contributed by atoms with Crippen LogP contribution in [0.3, 0.4) is 0 Å². The van der Waals surface area contributed by atoms with Gasteiger partial charge in [-0.25, -0.2) is 4.98 Å². The maximum Gasteiger partial charge on any atom is 0.226 e. The smallest absolute Gasteiger partial charge is 0.226 e. The summed E-state index contributed by atoms with van der Waals surface area (Å²) in [6.07, 6.45) is 1.71. The molecule has 0 aliphatic rings. The lowest BCUT2D eigenvalue weighted by Crippen LogP contribution is -2.02. The fourth-order valence-corrected chi connectivity index (χ4v) is 2.75. The number of ether oxygens (including phenoxy) is 1. The Labute approximate surface area is 143 Å². The first kappa shape index (κ1) is 15.9. The zero-order valence-corrected chi connectivity index (χ0v) is 14.2. The van der Waals surface area contributed by atoms with Gasteiger partial charge in [0.05, 0.1) is 18.4 Å². The quantitative estimate of drug-likeness (QED) is 0.726. The normalized spacial score (nSPS) is 10.8. The molecule has 0 unspecified atom stereocenters. The molecule has 23 heavy (non-hydrogen) atoms. The van der Waals surface area contributed by atoms with Crippen molar-refractivity contribution in [3.05, 3.63) is 53.3 Å². The van der Waals surface area contributed by atoms with Crippen LogP contribution in [-0.4, -0.2) is 21.9 Å². The van der Waals surface area contributed by atoms with Crippen LogP contribution < -0.4 is 9.88 Å². The van der Waals surface area contributed by atoms with Crippen LogP contribution in [0.5, 0.6) is 5.88 Å². The highest BCUT2D eigenvalue weighted by Crippen LogP contribution is 2.35. The number of halogens is 1. The molecular formula is C16H15ClN4OS. The fraction of sp³-hybridized carbons (Fsp3) is 0.125. The van der Waals surface area contributed by atoms with Crippen LogP contribution in [-0.2, 0) is 0 Å². The summed E-state index contributed by atoms with van der Waals surface area (Å²) in [6, 6.07) is 11.3. The second-order valence-electron chi connectivity index (χ2n) is 4.86. The minimum Gasteiger partial charge on any atom is -0.480 e. The van der Waals surface area contributed by atoms with Gasteiger partial charge in [-0.05, 0) is 48.7 Å². The number of hydrogen-bond donors (Lipinski definition) is 1. The second-order valence-corrected chi connectivity index (χ2v) is 6.00. The van der Waals surface area contributed by atoms with Crippen molar-refractivity contribution in [1.82, 2.24) is 14.8 Å². The summed E-state index contributed by atoms with van der Waals surface area (Å²) >= 11 is 7.12. The molecule has 5 nitrogen and oxygen atoms in total. The molecule has 0 atom stereocenters. The molecule has 118 valence electrons. The van der Waals surface area contributed by atoms with Crippen molar-refractivity contribution in [2.24, 2.45) is 5.14 Å². The summed E-state index contributed by atoms with van der Waals surface area (Å²) in [5.74, 6) is 1.30. The molecule has 2 N–H and O–H groups in total. The van der Waals surface area contributed by atoms with Crippen molar-refractivity contribution in [2.45, 2.75) is 11.8 Å². The monoisotopic (exact) mass is 346 g/mol. The number of rotatable bonds is 4. The van der Waals surface area contributed by atoms with Gasteiger partial charge in [0.15, 0.2) is 5.82 Å². The average Bonchev–Trinajstić information content (AvgIpc) is 2.92. The Hall–Kier alpha value is -2.02. The lowest BCUT2D eigenvalue weighted by molar-refractivity contribution is 0.384. The molecule has 3 aromatic rings. The highest BCUT2D eigenvalue weighted by Gasteiger charge is 2.19. The highest BCUT2D eigenvalue weighted by atomic mass is 35.5. The number of benzene rings is 1. The SMILES string of the molecule is COc1c(-c2ccc(Cl)cc2)c(C)nn1-c1ccc(SN)cn1. The number of hydrogen-bond acceptors (Lipinski definition) is 5. The lowest BCUT2D eigenvalue weighted by atomic mass is 10.1. The molecule has 0 amide bonds. The van der Waals surface area contributed by atoms with Crippen LogP contribution in [0.1, 0.15) is 5.69 Å². The standard InChI is InChI=1S/C16H15ClN4OS/c1-10-15(11-3-5-12(17)6-4-11)16(22-2)21(20-10)14-8-7-13(23-18)9-19-14/h3-9H,18H2,1-2H3. The van der Waals surface area contributed by atoms with Crippen molar-refractivity contribution in [2.75, 3.05) is 7.11 Å². The summed E-state index contributed by atoms with van der Waals surface area (Å²) < 4.78 is 7.28. The van der Waals surface area contributed by atoms with Crippen LogP contribution >= 0.6 is 23.5 Å². The molecule has 0 fully saturated rings. The van der Waals surface area contributed by atoms with Gasteiger partial charge in [0, 0.05) is 16.1 Å². The molecule has 0 spiro atoms. The summed E-state index contributed by atoms with van der Waals surface area (Å²) in [5, 5.41) is 10.8. The van der Waals surface area contributed by atoms with E-state index in [1.54, 1.807) is 18.0 Å². The summed E-state index contributed by atoms with van der Waals surface area (Å²) in [7, 11) is 1.62. The van der Waals surface area contributed by atoms with Gasteiger partial charge in [-0.1, -0.05) is 23.7 Å². The van der Waals surface area contributed by atoms with E-state index in [0.29, 0.717) is 16.7 Å². The number of aromatic nitrogens is 3. The van der Waals surface area contributed by atoms with E-state index in [0.717, 1.165) is 33.7 Å². The van der Waals surface area contributed by atoms with Gasteiger partial charge in [-0.2, -0.15) is 9.78 Å². The molecular weight excluding hydrogens is 332 g/mol. The first-order valence-electron chi connectivity index (χ1n) is 6.86. The van der Waals surface area contributed by atoms with Crippen molar-refractivity contribution in [3.63, 3.8) is 0 Å². The van der Waals surface area contributed by atoms with Crippen LogP contribution in [0, 0.1) is 6.92 Å². The molecule has 0 aliphatic carbocycles. The molecule has 0 saturated carbocycles. The molecule has 3 rings (SSSR count). The van der Waals surface area contributed by atoms with Gasteiger partial charge >= 0.3 is 0 Å². The van der Waals surface area contributed by atoms with E-state index in [1.807, 2.05) is 43.3 Å². The van der Waals surface area contributed by atoms with E-state index in [4.69, 9.17) is 21.5 Å². The third-order valence-electron chi connectivity index (χ3n) is 3.42. The molecule has 0 bridgehead atoms. The van der Waals surface area contributed by atoms with Crippen LogP contribution in [0.4, 0.5) is 0 Å². The van der Waals surface area contributed by atoms with E-state index in [2.05, 4.69) is 10.1 Å². The first-order chi connectivity index (χ1) is 11.1. The Morgan fingerprint density at radius 1 is 1.17 bits per heavy atom. The molecule has 7 heteroatoms. The van der Waals surface area contributed by atoms with Gasteiger partial charge in [-0.3, -0.25) is 5.14 Å². The third kappa shape index (κ3) is 3.06. The van der Waals surface area contributed by atoms with Crippen molar-refractivity contribution in [1.29, 1.82) is 0 Å². The van der Waals surface area contributed by atoms with E-state index >= 15 is 0 Å². The van der Waals surface area contributed by atoms with E-state index < -0.39 is 0 Å². The largest absolute Gasteiger partial charge is 0.480 e. The maximum absolute atomic E-state index is 5.97. The predicted molar refractivity (Wildman–Crippen MR) is 93.1 cm³/mol. The highest BCUT2D eigenvalue weighted by molar-refractivity contribution is 7.97. The van der Waals surface area contributed by atoms with Crippen molar-refractivity contribution in [3.8, 4) is 22.8 Å².